The number of alkyl halides is 1. The number of hydrogen-bond donors (Lipinski definition) is 1. The molecule has 1 N–H and O–H groups in total. The van der Waals surface area contributed by atoms with Gasteiger partial charge in [0.05, 0.1) is 53.6 Å². The number of aryl methyl sites for hydroxylation is 2. The fraction of sp³-hybridized carbons (Fsp3) is 0.609. The van der Waals surface area contributed by atoms with E-state index in [4.69, 9.17) is 0 Å². The lowest BCUT2D eigenvalue weighted by atomic mass is 9.80. The van der Waals surface area contributed by atoms with Gasteiger partial charge in [-0.25, -0.2) is 22.3 Å². The molecule has 3 unspecified atom stereocenters. The average Bonchev–Trinajstić information content (AvgIpc) is 3.50. The number of urea groups is 1. The standard InChI is InChI=1S/C23H30FN7O4S/c1-15-8-26-17(10-25-15)13-30-20-4-3-18(36(34,35)28-23(14-24)5-6-23)7-19(20)21(32)31(22(30)33)12-16-9-27-29(2)11-16/h8-11,18-20,28H,3-7,12-14H2,1-2H3. The highest BCUT2D eigenvalue weighted by Gasteiger charge is 2.53. The molecule has 13 heteroatoms. The Morgan fingerprint density at radius 1 is 1.14 bits per heavy atom. The zero-order valence-corrected chi connectivity index (χ0v) is 21.1. The number of carbonyl (C=O) groups is 2. The quantitative estimate of drug-likeness (QED) is 0.558. The first-order chi connectivity index (χ1) is 17.1. The molecule has 3 heterocycles. The Morgan fingerprint density at radius 3 is 2.53 bits per heavy atom. The molecule has 3 aliphatic rings. The van der Waals surface area contributed by atoms with Crippen LogP contribution in [0.25, 0.3) is 0 Å². The van der Waals surface area contributed by atoms with Crippen LogP contribution in [0.15, 0.2) is 24.8 Å². The molecule has 0 aromatic carbocycles. The van der Waals surface area contributed by atoms with Gasteiger partial charge < -0.3 is 4.90 Å². The second-order valence-electron chi connectivity index (χ2n) is 10.2. The van der Waals surface area contributed by atoms with Gasteiger partial charge in [-0.3, -0.25) is 24.3 Å². The maximum Gasteiger partial charge on any atom is 0.327 e. The first kappa shape index (κ1) is 24.8. The van der Waals surface area contributed by atoms with Crippen LogP contribution in [0.5, 0.6) is 0 Å². The molecule has 3 amide bonds. The number of halogens is 1. The van der Waals surface area contributed by atoms with Crippen LogP contribution in [0, 0.1) is 12.8 Å². The lowest BCUT2D eigenvalue weighted by Crippen LogP contribution is -2.63. The van der Waals surface area contributed by atoms with E-state index in [1.807, 2.05) is 6.92 Å². The van der Waals surface area contributed by atoms with Crippen molar-refractivity contribution in [1.29, 1.82) is 0 Å². The summed E-state index contributed by atoms with van der Waals surface area (Å²) in [5.41, 5.74) is 1.02. The maximum absolute atomic E-state index is 13.6. The van der Waals surface area contributed by atoms with Gasteiger partial charge in [0.1, 0.15) is 6.67 Å². The fourth-order valence-electron chi connectivity index (χ4n) is 5.17. The van der Waals surface area contributed by atoms with Gasteiger partial charge in [0.2, 0.25) is 15.9 Å². The fourth-order valence-corrected chi connectivity index (χ4v) is 7.10. The Kier molecular flexibility index (Phi) is 6.31. The monoisotopic (exact) mass is 519 g/mol. The van der Waals surface area contributed by atoms with E-state index in [0.717, 1.165) is 5.69 Å². The Balaban J connectivity index is 1.42. The first-order valence-electron chi connectivity index (χ1n) is 12.1. The minimum atomic E-state index is -3.83. The van der Waals surface area contributed by atoms with Crippen LogP contribution in [0.4, 0.5) is 9.18 Å². The highest BCUT2D eigenvalue weighted by atomic mass is 32.2. The summed E-state index contributed by atoms with van der Waals surface area (Å²) in [5, 5.41) is 3.29. The van der Waals surface area contributed by atoms with Gasteiger partial charge in [0.25, 0.3) is 0 Å². The number of nitrogens with zero attached hydrogens (tertiary/aromatic N) is 6. The Morgan fingerprint density at radius 2 is 1.92 bits per heavy atom. The highest BCUT2D eigenvalue weighted by molar-refractivity contribution is 7.90. The van der Waals surface area contributed by atoms with E-state index in [1.54, 1.807) is 41.4 Å². The lowest BCUT2D eigenvalue weighted by molar-refractivity contribution is -0.141. The van der Waals surface area contributed by atoms with Gasteiger partial charge in [-0.15, -0.1) is 0 Å². The van der Waals surface area contributed by atoms with Gasteiger partial charge in [0.15, 0.2) is 0 Å². The highest BCUT2D eigenvalue weighted by Crippen LogP contribution is 2.41. The van der Waals surface area contributed by atoms with Crippen molar-refractivity contribution in [2.24, 2.45) is 13.0 Å². The Labute approximate surface area is 209 Å². The molecule has 3 fully saturated rings. The van der Waals surface area contributed by atoms with Crippen molar-refractivity contribution < 1.29 is 22.4 Å². The van der Waals surface area contributed by atoms with Gasteiger partial charge in [-0.2, -0.15) is 5.10 Å². The number of nitrogens with one attached hydrogen (secondary N) is 1. The maximum atomic E-state index is 13.6. The molecule has 11 nitrogen and oxygen atoms in total. The molecule has 2 aromatic rings. The summed E-state index contributed by atoms with van der Waals surface area (Å²) in [6.07, 6.45) is 8.17. The SMILES string of the molecule is Cc1cnc(CN2C(=O)N(Cc3cnn(C)c3)C(=O)C3CC(S(=O)(=O)NC4(CF)CC4)CCC32)cn1. The molecule has 194 valence electrons. The van der Waals surface area contributed by atoms with E-state index in [1.165, 1.54) is 4.90 Å². The van der Waals surface area contributed by atoms with E-state index >= 15 is 0 Å². The molecule has 36 heavy (non-hydrogen) atoms. The number of amides is 3. The zero-order chi connectivity index (χ0) is 25.7. The summed E-state index contributed by atoms with van der Waals surface area (Å²) in [6.45, 7) is 1.26. The molecule has 1 saturated heterocycles. The third-order valence-electron chi connectivity index (χ3n) is 7.40. The Hall–Kier alpha value is -2.93. The number of imide groups is 1. The van der Waals surface area contributed by atoms with E-state index in [2.05, 4.69) is 19.8 Å². The van der Waals surface area contributed by atoms with E-state index in [0.29, 0.717) is 30.5 Å². The summed E-state index contributed by atoms with van der Waals surface area (Å²) in [6, 6.07) is -0.901. The second kappa shape index (κ2) is 9.18. The van der Waals surface area contributed by atoms with Gasteiger partial charge in [0, 0.05) is 31.0 Å². The molecule has 5 rings (SSSR count). The molecule has 0 bridgehead atoms. The number of sulfonamides is 1. The van der Waals surface area contributed by atoms with Gasteiger partial charge >= 0.3 is 6.03 Å². The van der Waals surface area contributed by atoms with Crippen molar-refractivity contribution in [2.45, 2.75) is 68.9 Å². The topological polar surface area (TPSA) is 130 Å². The summed E-state index contributed by atoms with van der Waals surface area (Å²) in [4.78, 5) is 38.6. The van der Waals surface area contributed by atoms with E-state index in [9.17, 15) is 22.4 Å². The Bertz CT molecular complexity index is 1260. The third-order valence-corrected chi connectivity index (χ3v) is 9.42. The van der Waals surface area contributed by atoms with Crippen LogP contribution < -0.4 is 4.72 Å². The van der Waals surface area contributed by atoms with Crippen molar-refractivity contribution in [3.63, 3.8) is 0 Å². The largest absolute Gasteiger partial charge is 0.327 e. The number of fused-ring (bicyclic) bond motifs is 1. The molecular formula is C23H30FN7O4S. The van der Waals surface area contributed by atoms with Gasteiger partial charge in [-0.1, -0.05) is 0 Å². The molecule has 0 radical (unpaired) electrons. The molecule has 2 aliphatic carbocycles. The summed E-state index contributed by atoms with van der Waals surface area (Å²) in [7, 11) is -2.09. The second-order valence-corrected chi connectivity index (χ2v) is 12.1. The van der Waals surface area contributed by atoms with Crippen LogP contribution in [0.2, 0.25) is 0 Å². The normalized spacial score (nSPS) is 25.7. The first-order valence-corrected chi connectivity index (χ1v) is 13.6. The van der Waals surface area contributed by atoms with Crippen LogP contribution in [-0.4, -0.2) is 73.4 Å². The number of aromatic nitrogens is 4. The van der Waals surface area contributed by atoms with Crippen LogP contribution in [0.3, 0.4) is 0 Å². The summed E-state index contributed by atoms with van der Waals surface area (Å²) < 4.78 is 43.8. The average molecular weight is 520 g/mol. The summed E-state index contributed by atoms with van der Waals surface area (Å²) in [5.74, 6) is -1.10. The zero-order valence-electron chi connectivity index (χ0n) is 20.3. The van der Waals surface area contributed by atoms with Crippen molar-refractivity contribution >= 4 is 22.0 Å². The predicted molar refractivity (Wildman–Crippen MR) is 126 cm³/mol. The number of carbonyl (C=O) groups excluding carboxylic acids is 2. The van der Waals surface area contributed by atoms with Crippen molar-refractivity contribution in [3.8, 4) is 0 Å². The van der Waals surface area contributed by atoms with Crippen LogP contribution in [0.1, 0.15) is 49.1 Å². The number of hydrogen-bond acceptors (Lipinski definition) is 7. The smallest absolute Gasteiger partial charge is 0.315 e. The van der Waals surface area contributed by atoms with Crippen molar-refractivity contribution in [1.82, 2.24) is 34.3 Å². The van der Waals surface area contributed by atoms with E-state index in [-0.39, 0.29) is 25.9 Å². The summed E-state index contributed by atoms with van der Waals surface area (Å²) >= 11 is 0. The molecular weight excluding hydrogens is 489 g/mol. The lowest BCUT2D eigenvalue weighted by Gasteiger charge is -2.48. The molecule has 2 saturated carbocycles. The van der Waals surface area contributed by atoms with Crippen LogP contribution in [-0.2, 0) is 35.0 Å². The molecule has 1 aliphatic heterocycles. The predicted octanol–water partition coefficient (Wildman–Crippen LogP) is 1.44. The van der Waals surface area contributed by atoms with Crippen molar-refractivity contribution in [3.05, 3.63) is 41.7 Å². The van der Waals surface area contributed by atoms with E-state index < -0.39 is 51.4 Å². The van der Waals surface area contributed by atoms with Crippen LogP contribution >= 0.6 is 0 Å². The minimum Gasteiger partial charge on any atom is -0.315 e. The minimum absolute atomic E-state index is 0.0332. The molecule has 2 aromatic heterocycles. The third kappa shape index (κ3) is 4.73. The molecule has 3 atom stereocenters. The molecule has 0 spiro atoms. The number of rotatable bonds is 8. The van der Waals surface area contributed by atoms with Gasteiger partial charge in [-0.05, 0) is 39.0 Å². The van der Waals surface area contributed by atoms with Crippen molar-refractivity contribution in [2.75, 3.05) is 6.67 Å².